The lowest BCUT2D eigenvalue weighted by Gasteiger charge is -1.98. The van der Waals surface area contributed by atoms with E-state index in [4.69, 9.17) is 4.42 Å². The number of carbonyl (C=O) groups excluding carboxylic acids is 1. The molecule has 2 aromatic heterocycles. The Morgan fingerprint density at radius 1 is 1.14 bits per heavy atom. The standard InChI is InChI=1S/C16H16N2O2S/c1-8-5-13-14(6-9(8)2)21-16(17-13)18-15(19)12-7-10(3)20-11(12)4/h5-7H,1-4H3,(H,17,18,19). The summed E-state index contributed by atoms with van der Waals surface area (Å²) in [6.45, 7) is 7.74. The zero-order valence-electron chi connectivity index (χ0n) is 12.4. The van der Waals surface area contributed by atoms with E-state index in [0.717, 1.165) is 16.0 Å². The Kier molecular flexibility index (Phi) is 3.29. The van der Waals surface area contributed by atoms with E-state index in [2.05, 4.69) is 30.2 Å². The molecule has 0 radical (unpaired) electrons. The van der Waals surface area contributed by atoms with Crippen molar-refractivity contribution in [3.8, 4) is 0 Å². The highest BCUT2D eigenvalue weighted by Gasteiger charge is 2.15. The number of nitrogens with one attached hydrogen (secondary N) is 1. The second-order valence-corrected chi connectivity index (χ2v) is 6.23. The van der Waals surface area contributed by atoms with Gasteiger partial charge < -0.3 is 4.42 Å². The topological polar surface area (TPSA) is 55.1 Å². The van der Waals surface area contributed by atoms with Crippen LogP contribution in [-0.4, -0.2) is 10.9 Å². The predicted molar refractivity (Wildman–Crippen MR) is 85.2 cm³/mol. The van der Waals surface area contributed by atoms with Crippen molar-refractivity contribution in [2.75, 3.05) is 5.32 Å². The third-order valence-electron chi connectivity index (χ3n) is 3.51. The summed E-state index contributed by atoms with van der Waals surface area (Å²) >= 11 is 1.48. The van der Waals surface area contributed by atoms with Gasteiger partial charge >= 0.3 is 0 Å². The Hall–Kier alpha value is -2.14. The van der Waals surface area contributed by atoms with Gasteiger partial charge in [-0.3, -0.25) is 10.1 Å². The number of amides is 1. The molecule has 21 heavy (non-hydrogen) atoms. The van der Waals surface area contributed by atoms with E-state index in [1.54, 1.807) is 13.0 Å². The first-order valence-electron chi connectivity index (χ1n) is 6.70. The van der Waals surface area contributed by atoms with E-state index in [-0.39, 0.29) is 5.91 Å². The summed E-state index contributed by atoms with van der Waals surface area (Å²) in [5, 5.41) is 3.46. The van der Waals surface area contributed by atoms with Gasteiger partial charge in [0, 0.05) is 0 Å². The van der Waals surface area contributed by atoms with Crippen molar-refractivity contribution in [1.82, 2.24) is 4.98 Å². The van der Waals surface area contributed by atoms with Gasteiger partial charge in [-0.2, -0.15) is 0 Å². The molecule has 0 aliphatic carbocycles. The van der Waals surface area contributed by atoms with Crippen LogP contribution in [0.5, 0.6) is 0 Å². The van der Waals surface area contributed by atoms with Crippen molar-refractivity contribution in [3.05, 3.63) is 46.4 Å². The predicted octanol–water partition coefficient (Wildman–Crippen LogP) is 4.38. The Balaban J connectivity index is 1.91. The molecule has 0 fully saturated rings. The number of nitrogens with zero attached hydrogens (tertiary/aromatic N) is 1. The second kappa shape index (κ2) is 5.00. The third kappa shape index (κ3) is 2.56. The van der Waals surface area contributed by atoms with Gasteiger partial charge in [0.2, 0.25) is 0 Å². The molecule has 3 aromatic rings. The summed E-state index contributed by atoms with van der Waals surface area (Å²) in [6.07, 6.45) is 0. The molecule has 0 saturated carbocycles. The minimum absolute atomic E-state index is 0.183. The molecule has 1 N–H and O–H groups in total. The minimum Gasteiger partial charge on any atom is -0.466 e. The van der Waals surface area contributed by atoms with Gasteiger partial charge in [-0.15, -0.1) is 0 Å². The van der Waals surface area contributed by atoms with Crippen molar-refractivity contribution in [1.29, 1.82) is 0 Å². The fourth-order valence-electron chi connectivity index (χ4n) is 2.25. The number of rotatable bonds is 2. The molecule has 1 amide bonds. The van der Waals surface area contributed by atoms with Crippen LogP contribution < -0.4 is 5.32 Å². The van der Waals surface area contributed by atoms with Crippen molar-refractivity contribution in [2.45, 2.75) is 27.7 Å². The van der Waals surface area contributed by atoms with Gasteiger partial charge in [0.15, 0.2) is 5.13 Å². The summed E-state index contributed by atoms with van der Waals surface area (Å²) in [6, 6.07) is 5.89. The van der Waals surface area contributed by atoms with Crippen LogP contribution in [0.3, 0.4) is 0 Å². The van der Waals surface area contributed by atoms with Crippen molar-refractivity contribution in [3.63, 3.8) is 0 Å². The lowest BCUT2D eigenvalue weighted by molar-refractivity contribution is 0.102. The molecule has 2 heterocycles. The van der Waals surface area contributed by atoms with Crippen LogP contribution in [0.4, 0.5) is 5.13 Å². The van der Waals surface area contributed by atoms with Gasteiger partial charge in [-0.05, 0) is 57.0 Å². The maximum absolute atomic E-state index is 12.3. The van der Waals surface area contributed by atoms with E-state index in [9.17, 15) is 4.79 Å². The van der Waals surface area contributed by atoms with E-state index < -0.39 is 0 Å². The molecule has 0 saturated heterocycles. The quantitative estimate of drug-likeness (QED) is 0.764. The fraction of sp³-hybridized carbons (Fsp3) is 0.250. The molecule has 0 unspecified atom stereocenters. The van der Waals surface area contributed by atoms with Crippen LogP contribution in [0.1, 0.15) is 33.0 Å². The highest BCUT2D eigenvalue weighted by Crippen LogP contribution is 2.29. The second-order valence-electron chi connectivity index (χ2n) is 5.20. The summed E-state index contributed by atoms with van der Waals surface area (Å²) < 4.78 is 6.46. The summed E-state index contributed by atoms with van der Waals surface area (Å²) in [5.41, 5.74) is 3.90. The Bertz CT molecular complexity index is 806. The first kappa shape index (κ1) is 13.8. The van der Waals surface area contributed by atoms with Crippen molar-refractivity contribution < 1.29 is 9.21 Å². The molecule has 5 heteroatoms. The lowest BCUT2D eigenvalue weighted by atomic mass is 10.1. The Labute approximate surface area is 126 Å². The van der Waals surface area contributed by atoms with E-state index in [1.807, 2.05) is 13.0 Å². The fourth-order valence-corrected chi connectivity index (χ4v) is 3.19. The number of aryl methyl sites for hydroxylation is 4. The molecular formula is C16H16N2O2S. The molecule has 0 spiro atoms. The van der Waals surface area contributed by atoms with Crippen LogP contribution in [0, 0.1) is 27.7 Å². The first-order valence-corrected chi connectivity index (χ1v) is 7.52. The molecule has 1 aromatic carbocycles. The number of benzene rings is 1. The maximum Gasteiger partial charge on any atom is 0.260 e. The average Bonchev–Trinajstić information content (AvgIpc) is 2.92. The van der Waals surface area contributed by atoms with Gasteiger partial charge in [0.05, 0.1) is 15.8 Å². The molecule has 108 valence electrons. The molecule has 4 nitrogen and oxygen atoms in total. The lowest BCUT2D eigenvalue weighted by Crippen LogP contribution is -2.11. The smallest absolute Gasteiger partial charge is 0.260 e. The highest BCUT2D eigenvalue weighted by atomic mass is 32.1. The monoisotopic (exact) mass is 300 g/mol. The number of furan rings is 1. The number of carbonyl (C=O) groups is 1. The number of aromatic nitrogens is 1. The third-order valence-corrected chi connectivity index (χ3v) is 4.44. The van der Waals surface area contributed by atoms with Gasteiger partial charge in [-0.1, -0.05) is 11.3 Å². The largest absolute Gasteiger partial charge is 0.466 e. The molecule has 0 bridgehead atoms. The summed E-state index contributed by atoms with van der Waals surface area (Å²) in [5.74, 6) is 1.17. The van der Waals surface area contributed by atoms with Crippen LogP contribution in [0.25, 0.3) is 10.2 Å². The maximum atomic E-state index is 12.3. The Morgan fingerprint density at radius 3 is 2.52 bits per heavy atom. The Morgan fingerprint density at radius 2 is 1.86 bits per heavy atom. The molecule has 0 aliphatic heterocycles. The summed E-state index contributed by atoms with van der Waals surface area (Å²) in [4.78, 5) is 16.7. The van der Waals surface area contributed by atoms with Crippen LogP contribution in [0.2, 0.25) is 0 Å². The normalized spacial score (nSPS) is 11.0. The zero-order valence-corrected chi connectivity index (χ0v) is 13.2. The average molecular weight is 300 g/mol. The van der Waals surface area contributed by atoms with Crippen molar-refractivity contribution in [2.24, 2.45) is 0 Å². The van der Waals surface area contributed by atoms with Crippen LogP contribution >= 0.6 is 11.3 Å². The number of hydrogen-bond acceptors (Lipinski definition) is 4. The molecular weight excluding hydrogens is 284 g/mol. The van der Waals surface area contributed by atoms with E-state index in [1.165, 1.54) is 22.5 Å². The highest BCUT2D eigenvalue weighted by molar-refractivity contribution is 7.22. The SMILES string of the molecule is Cc1cc(C(=O)Nc2nc3cc(C)c(C)cc3s2)c(C)o1. The van der Waals surface area contributed by atoms with Gasteiger partial charge in [0.1, 0.15) is 11.5 Å². The summed E-state index contributed by atoms with van der Waals surface area (Å²) in [7, 11) is 0. The number of fused-ring (bicyclic) bond motifs is 1. The van der Waals surface area contributed by atoms with Crippen LogP contribution in [-0.2, 0) is 0 Å². The molecule has 0 aliphatic rings. The van der Waals surface area contributed by atoms with E-state index in [0.29, 0.717) is 16.5 Å². The number of hydrogen-bond donors (Lipinski definition) is 1. The van der Waals surface area contributed by atoms with E-state index >= 15 is 0 Å². The molecule has 0 atom stereocenters. The first-order chi connectivity index (χ1) is 9.94. The van der Waals surface area contributed by atoms with Gasteiger partial charge in [0.25, 0.3) is 5.91 Å². The van der Waals surface area contributed by atoms with Gasteiger partial charge in [-0.25, -0.2) is 4.98 Å². The van der Waals surface area contributed by atoms with Crippen molar-refractivity contribution >= 4 is 32.6 Å². The molecule has 3 rings (SSSR count). The number of thiazole rings is 1. The zero-order chi connectivity index (χ0) is 15.1. The number of anilines is 1. The van der Waals surface area contributed by atoms with Crippen LogP contribution in [0.15, 0.2) is 22.6 Å². The minimum atomic E-state index is -0.183.